The van der Waals surface area contributed by atoms with Crippen LogP contribution in [0.2, 0.25) is 0 Å². The number of benzene rings is 1. The highest BCUT2D eigenvalue weighted by atomic mass is 19.1. The molecule has 0 saturated carbocycles. The van der Waals surface area contributed by atoms with Crippen LogP contribution in [0.15, 0.2) is 18.2 Å². The molecule has 1 rings (SSSR count). The molecule has 19 heavy (non-hydrogen) atoms. The number of halogens is 1. The first-order valence-corrected chi connectivity index (χ1v) is 5.96. The molecule has 0 unspecified atom stereocenters. The van der Waals surface area contributed by atoms with Gasteiger partial charge in [-0.2, -0.15) is 0 Å². The summed E-state index contributed by atoms with van der Waals surface area (Å²) in [5, 5.41) is 2.66. The van der Waals surface area contributed by atoms with E-state index in [1.54, 1.807) is 0 Å². The molecule has 0 aromatic heterocycles. The van der Waals surface area contributed by atoms with E-state index in [-0.39, 0.29) is 12.1 Å². The van der Waals surface area contributed by atoms with E-state index in [1.165, 1.54) is 18.2 Å². The van der Waals surface area contributed by atoms with Crippen molar-refractivity contribution in [3.05, 3.63) is 35.1 Å². The second-order valence-corrected chi connectivity index (χ2v) is 4.26. The van der Waals surface area contributed by atoms with Gasteiger partial charge in [-0.3, -0.25) is 4.79 Å². The van der Waals surface area contributed by atoms with Crippen molar-refractivity contribution < 1.29 is 9.18 Å². The molecule has 1 aromatic rings. The van der Waals surface area contributed by atoms with Crippen molar-refractivity contribution in [3.63, 3.8) is 0 Å². The van der Waals surface area contributed by atoms with Crippen molar-refractivity contribution in [1.29, 1.82) is 0 Å². The van der Waals surface area contributed by atoms with Crippen molar-refractivity contribution in [3.8, 4) is 11.8 Å². The van der Waals surface area contributed by atoms with Crippen LogP contribution in [-0.4, -0.2) is 44.5 Å². The number of carbonyl (C=O) groups excluding carboxylic acids is 1. The molecule has 0 spiro atoms. The molecule has 0 saturated heterocycles. The molecule has 4 nitrogen and oxygen atoms in total. The number of hydrogen-bond donors (Lipinski definition) is 2. The number of nitrogens with two attached hydrogens (primary N) is 1. The van der Waals surface area contributed by atoms with E-state index >= 15 is 0 Å². The summed E-state index contributed by atoms with van der Waals surface area (Å²) in [7, 11) is 3.80. The van der Waals surface area contributed by atoms with Gasteiger partial charge in [-0.05, 0) is 32.3 Å². The standard InChI is InChI=1S/C14H18FN3O/c1-18(2)9-8-17-14(19)12-10-11(4-3-7-16)5-6-13(12)15/h5-6,10H,7-9,16H2,1-2H3,(H,17,19). The van der Waals surface area contributed by atoms with Crippen LogP contribution in [0.4, 0.5) is 4.39 Å². The molecule has 1 amide bonds. The lowest BCUT2D eigenvalue weighted by molar-refractivity contribution is 0.0947. The zero-order valence-electron chi connectivity index (χ0n) is 11.2. The van der Waals surface area contributed by atoms with Gasteiger partial charge >= 0.3 is 0 Å². The van der Waals surface area contributed by atoms with Crippen molar-refractivity contribution in [2.45, 2.75) is 0 Å². The average Bonchev–Trinajstić information content (AvgIpc) is 2.37. The quantitative estimate of drug-likeness (QED) is 0.774. The molecule has 0 aliphatic rings. The predicted octanol–water partition coefficient (Wildman–Crippen LogP) is 0.427. The molecule has 0 atom stereocenters. The van der Waals surface area contributed by atoms with Gasteiger partial charge in [0.05, 0.1) is 12.1 Å². The summed E-state index contributed by atoms with van der Waals surface area (Å²) in [5.41, 5.74) is 5.84. The molecule has 0 bridgehead atoms. The lowest BCUT2D eigenvalue weighted by Crippen LogP contribution is -2.31. The van der Waals surface area contributed by atoms with Crippen molar-refractivity contribution in [2.75, 3.05) is 33.7 Å². The lowest BCUT2D eigenvalue weighted by Gasteiger charge is -2.10. The van der Waals surface area contributed by atoms with Crippen LogP contribution in [0.3, 0.4) is 0 Å². The highest BCUT2D eigenvalue weighted by Gasteiger charge is 2.11. The maximum Gasteiger partial charge on any atom is 0.254 e. The zero-order valence-corrected chi connectivity index (χ0v) is 11.2. The van der Waals surface area contributed by atoms with Gasteiger partial charge in [0.15, 0.2) is 0 Å². The van der Waals surface area contributed by atoms with Crippen LogP contribution >= 0.6 is 0 Å². The fourth-order valence-corrected chi connectivity index (χ4v) is 1.42. The Balaban J connectivity index is 2.78. The maximum absolute atomic E-state index is 13.6. The Bertz CT molecular complexity index is 503. The predicted molar refractivity (Wildman–Crippen MR) is 73.2 cm³/mol. The average molecular weight is 263 g/mol. The molecule has 0 aliphatic heterocycles. The smallest absolute Gasteiger partial charge is 0.254 e. The fraction of sp³-hybridized carbons (Fsp3) is 0.357. The fourth-order valence-electron chi connectivity index (χ4n) is 1.42. The minimum Gasteiger partial charge on any atom is -0.351 e. The zero-order chi connectivity index (χ0) is 14.3. The Morgan fingerprint density at radius 2 is 2.21 bits per heavy atom. The van der Waals surface area contributed by atoms with E-state index in [1.807, 2.05) is 19.0 Å². The first-order chi connectivity index (χ1) is 9.04. The summed E-state index contributed by atoms with van der Waals surface area (Å²) >= 11 is 0. The molecule has 5 heteroatoms. The highest BCUT2D eigenvalue weighted by molar-refractivity contribution is 5.94. The molecule has 0 radical (unpaired) electrons. The normalized spacial score (nSPS) is 9.95. The molecule has 0 fully saturated rings. The van der Waals surface area contributed by atoms with E-state index < -0.39 is 11.7 Å². The topological polar surface area (TPSA) is 58.4 Å². The van der Waals surface area contributed by atoms with Crippen LogP contribution in [0.5, 0.6) is 0 Å². The largest absolute Gasteiger partial charge is 0.351 e. The van der Waals surface area contributed by atoms with Crippen molar-refractivity contribution in [1.82, 2.24) is 10.2 Å². The molecule has 0 heterocycles. The van der Waals surface area contributed by atoms with Gasteiger partial charge in [-0.25, -0.2) is 4.39 Å². The van der Waals surface area contributed by atoms with Crippen LogP contribution in [0.1, 0.15) is 15.9 Å². The van der Waals surface area contributed by atoms with Gasteiger partial charge in [0.1, 0.15) is 5.82 Å². The molecule has 3 N–H and O–H groups in total. The summed E-state index contributed by atoms with van der Waals surface area (Å²) in [6.07, 6.45) is 0. The first-order valence-electron chi connectivity index (χ1n) is 5.96. The summed E-state index contributed by atoms with van der Waals surface area (Å²) < 4.78 is 13.6. The van der Waals surface area contributed by atoms with Crippen molar-refractivity contribution >= 4 is 5.91 Å². The van der Waals surface area contributed by atoms with Crippen LogP contribution in [0, 0.1) is 17.7 Å². The van der Waals surface area contributed by atoms with Gasteiger partial charge in [-0.15, -0.1) is 0 Å². The molecule has 102 valence electrons. The number of rotatable bonds is 4. The third kappa shape index (κ3) is 5.08. The monoisotopic (exact) mass is 263 g/mol. The molecule has 1 aromatic carbocycles. The summed E-state index contributed by atoms with van der Waals surface area (Å²) in [5.74, 6) is 4.45. The van der Waals surface area contributed by atoms with E-state index in [0.717, 1.165) is 0 Å². The number of amides is 1. The molecule has 0 aliphatic carbocycles. The number of likely N-dealkylation sites (N-methyl/N-ethyl adjacent to an activating group) is 1. The first kappa shape index (κ1) is 15.2. The second-order valence-electron chi connectivity index (χ2n) is 4.26. The Kier molecular flexibility index (Phi) is 6.00. The van der Waals surface area contributed by atoms with Gasteiger partial charge in [0.2, 0.25) is 0 Å². The second kappa shape index (κ2) is 7.52. The van der Waals surface area contributed by atoms with Crippen LogP contribution < -0.4 is 11.1 Å². The van der Waals surface area contributed by atoms with Gasteiger partial charge in [0, 0.05) is 18.7 Å². The highest BCUT2D eigenvalue weighted by Crippen LogP contribution is 2.09. The maximum atomic E-state index is 13.6. The van der Waals surface area contributed by atoms with Gasteiger partial charge < -0.3 is 16.0 Å². The minimum absolute atomic E-state index is 0.00239. The number of nitrogens with zero attached hydrogens (tertiary/aromatic N) is 1. The third-order valence-electron chi connectivity index (χ3n) is 2.39. The van der Waals surface area contributed by atoms with E-state index in [0.29, 0.717) is 18.7 Å². The Morgan fingerprint density at radius 1 is 1.47 bits per heavy atom. The van der Waals surface area contributed by atoms with E-state index in [4.69, 9.17) is 5.73 Å². The SMILES string of the molecule is CN(C)CCNC(=O)c1cc(C#CCN)ccc1F. The van der Waals surface area contributed by atoms with E-state index in [2.05, 4.69) is 17.2 Å². The minimum atomic E-state index is -0.555. The third-order valence-corrected chi connectivity index (χ3v) is 2.39. The Morgan fingerprint density at radius 3 is 2.84 bits per heavy atom. The number of hydrogen-bond acceptors (Lipinski definition) is 3. The Labute approximate surface area is 112 Å². The van der Waals surface area contributed by atoms with Crippen LogP contribution in [-0.2, 0) is 0 Å². The van der Waals surface area contributed by atoms with E-state index in [9.17, 15) is 9.18 Å². The number of carbonyl (C=O) groups is 1. The van der Waals surface area contributed by atoms with Gasteiger partial charge in [-0.1, -0.05) is 11.8 Å². The summed E-state index contributed by atoms with van der Waals surface area (Å²) in [6.45, 7) is 1.38. The van der Waals surface area contributed by atoms with Gasteiger partial charge in [0.25, 0.3) is 5.91 Å². The number of nitrogens with one attached hydrogen (secondary N) is 1. The molecular formula is C14H18FN3O. The lowest BCUT2D eigenvalue weighted by atomic mass is 10.1. The van der Waals surface area contributed by atoms with Crippen molar-refractivity contribution in [2.24, 2.45) is 5.73 Å². The van der Waals surface area contributed by atoms with Crippen LogP contribution in [0.25, 0.3) is 0 Å². The Hall–Kier alpha value is -1.90. The molecular weight excluding hydrogens is 245 g/mol. The summed E-state index contributed by atoms with van der Waals surface area (Å²) in [6, 6.07) is 4.19. The summed E-state index contributed by atoms with van der Waals surface area (Å²) in [4.78, 5) is 13.8.